The Labute approximate surface area is 163 Å². The summed E-state index contributed by atoms with van der Waals surface area (Å²) < 4.78 is 33.9. The zero-order chi connectivity index (χ0) is 19.4. The van der Waals surface area contributed by atoms with E-state index in [1.807, 2.05) is 23.9 Å². The van der Waals surface area contributed by atoms with Crippen LogP contribution in [0.4, 0.5) is 5.69 Å². The lowest BCUT2D eigenvalue weighted by molar-refractivity contribution is 0.0730. The van der Waals surface area contributed by atoms with Crippen molar-refractivity contribution >= 4 is 32.8 Å². The Hall–Kier alpha value is -1.81. The molecule has 0 N–H and O–H groups in total. The van der Waals surface area contributed by atoms with Gasteiger partial charge in [0, 0.05) is 24.2 Å². The van der Waals surface area contributed by atoms with Crippen molar-refractivity contribution < 1.29 is 13.2 Å². The lowest BCUT2D eigenvalue weighted by atomic mass is 10.3. The van der Waals surface area contributed by atoms with Crippen molar-refractivity contribution in [3.63, 3.8) is 0 Å². The molecule has 1 saturated heterocycles. The van der Waals surface area contributed by atoms with Crippen LogP contribution in [-0.4, -0.2) is 49.4 Å². The average molecular weight is 409 g/mol. The third kappa shape index (κ3) is 4.55. The van der Waals surface area contributed by atoms with Gasteiger partial charge >= 0.3 is 0 Å². The molecular weight excluding hydrogens is 384 g/mol. The van der Waals surface area contributed by atoms with Gasteiger partial charge in [-0.15, -0.1) is 11.3 Å². The van der Waals surface area contributed by atoms with Crippen molar-refractivity contribution in [1.29, 1.82) is 0 Å². The zero-order valence-electron chi connectivity index (χ0n) is 15.8. The minimum atomic E-state index is -3.49. The van der Waals surface area contributed by atoms with Crippen LogP contribution in [0.5, 0.6) is 0 Å². The van der Waals surface area contributed by atoms with E-state index in [0.29, 0.717) is 32.0 Å². The SMILES string of the molecule is CCC(C)=Nn1c(C)csc1=Nc1ccc(S(=O)(=O)N2CCOCC2)cc1. The molecule has 9 heteroatoms. The molecule has 0 saturated carbocycles. The number of rotatable bonds is 5. The maximum Gasteiger partial charge on any atom is 0.243 e. The van der Waals surface area contributed by atoms with Gasteiger partial charge in [-0.05, 0) is 44.5 Å². The van der Waals surface area contributed by atoms with E-state index < -0.39 is 10.0 Å². The summed E-state index contributed by atoms with van der Waals surface area (Å²) in [6, 6.07) is 6.66. The highest BCUT2D eigenvalue weighted by atomic mass is 32.2. The molecule has 27 heavy (non-hydrogen) atoms. The fourth-order valence-electron chi connectivity index (χ4n) is 2.56. The second-order valence-electron chi connectivity index (χ2n) is 6.28. The van der Waals surface area contributed by atoms with E-state index >= 15 is 0 Å². The minimum Gasteiger partial charge on any atom is -0.379 e. The molecule has 3 rings (SSSR count). The maximum absolute atomic E-state index is 12.7. The number of sulfonamides is 1. The lowest BCUT2D eigenvalue weighted by Gasteiger charge is -2.26. The highest BCUT2D eigenvalue weighted by Gasteiger charge is 2.26. The molecule has 1 aliphatic rings. The topological polar surface area (TPSA) is 76.3 Å². The highest BCUT2D eigenvalue weighted by molar-refractivity contribution is 7.89. The molecule has 0 amide bonds. The van der Waals surface area contributed by atoms with E-state index in [2.05, 4.69) is 17.0 Å². The fraction of sp³-hybridized carbons (Fsp3) is 0.444. The first-order valence-electron chi connectivity index (χ1n) is 8.86. The number of morpholine rings is 1. The predicted molar refractivity (Wildman–Crippen MR) is 107 cm³/mol. The van der Waals surface area contributed by atoms with Crippen LogP contribution in [0.25, 0.3) is 0 Å². The Kier molecular flexibility index (Phi) is 6.25. The van der Waals surface area contributed by atoms with E-state index in [-0.39, 0.29) is 4.90 Å². The molecule has 146 valence electrons. The summed E-state index contributed by atoms with van der Waals surface area (Å²) in [7, 11) is -3.49. The molecule has 0 bridgehead atoms. The van der Waals surface area contributed by atoms with Crippen LogP contribution >= 0.6 is 11.3 Å². The van der Waals surface area contributed by atoms with Crippen LogP contribution in [-0.2, 0) is 14.8 Å². The first-order valence-corrected chi connectivity index (χ1v) is 11.2. The molecule has 1 aromatic carbocycles. The van der Waals surface area contributed by atoms with E-state index in [1.54, 1.807) is 24.3 Å². The van der Waals surface area contributed by atoms with Gasteiger partial charge in [-0.3, -0.25) is 0 Å². The van der Waals surface area contributed by atoms with Crippen LogP contribution in [0, 0.1) is 6.92 Å². The van der Waals surface area contributed by atoms with Gasteiger partial charge in [-0.25, -0.2) is 18.1 Å². The fourth-order valence-corrected chi connectivity index (χ4v) is 4.79. The van der Waals surface area contributed by atoms with Gasteiger partial charge in [0.1, 0.15) is 0 Å². The van der Waals surface area contributed by atoms with Gasteiger partial charge in [0.05, 0.1) is 29.5 Å². The smallest absolute Gasteiger partial charge is 0.243 e. The number of aromatic nitrogens is 1. The molecule has 2 heterocycles. The summed E-state index contributed by atoms with van der Waals surface area (Å²) in [5.74, 6) is 0. The van der Waals surface area contributed by atoms with Crippen molar-refractivity contribution in [1.82, 2.24) is 8.98 Å². The molecule has 1 aromatic heterocycles. The number of hydrogen-bond donors (Lipinski definition) is 0. The van der Waals surface area contributed by atoms with Crippen molar-refractivity contribution in [3.05, 3.63) is 40.1 Å². The zero-order valence-corrected chi connectivity index (χ0v) is 17.4. The van der Waals surface area contributed by atoms with Crippen molar-refractivity contribution in [2.24, 2.45) is 10.1 Å². The molecule has 7 nitrogen and oxygen atoms in total. The van der Waals surface area contributed by atoms with E-state index in [4.69, 9.17) is 4.74 Å². The largest absolute Gasteiger partial charge is 0.379 e. The molecule has 0 aliphatic carbocycles. The standard InChI is InChI=1S/C18H24N4O3S2/c1-4-14(2)20-22-15(3)13-26-18(22)19-16-5-7-17(8-6-16)27(23,24)21-9-11-25-12-10-21/h5-8,13H,4,9-12H2,1-3H3. The molecule has 1 fully saturated rings. The first-order chi connectivity index (χ1) is 12.9. The molecule has 0 atom stereocenters. The minimum absolute atomic E-state index is 0.276. The molecule has 1 aliphatic heterocycles. The van der Waals surface area contributed by atoms with Crippen molar-refractivity contribution in [2.75, 3.05) is 26.3 Å². The quantitative estimate of drug-likeness (QED) is 0.714. The van der Waals surface area contributed by atoms with E-state index in [1.165, 1.54) is 15.6 Å². The summed E-state index contributed by atoms with van der Waals surface area (Å²) in [5.41, 5.74) is 2.72. The third-order valence-electron chi connectivity index (χ3n) is 4.30. The first kappa shape index (κ1) is 19.9. The Balaban J connectivity index is 1.90. The molecule has 0 spiro atoms. The van der Waals surface area contributed by atoms with Gasteiger partial charge in [0.25, 0.3) is 0 Å². The lowest BCUT2D eigenvalue weighted by Crippen LogP contribution is -2.40. The Bertz CT molecular complexity index is 982. The van der Waals surface area contributed by atoms with Gasteiger partial charge in [-0.2, -0.15) is 9.41 Å². The molecule has 0 unspecified atom stereocenters. The maximum atomic E-state index is 12.7. The van der Waals surface area contributed by atoms with E-state index in [9.17, 15) is 8.42 Å². The number of nitrogens with zero attached hydrogens (tertiary/aromatic N) is 4. The van der Waals surface area contributed by atoms with Gasteiger partial charge in [-0.1, -0.05) is 6.92 Å². The highest BCUT2D eigenvalue weighted by Crippen LogP contribution is 2.20. The van der Waals surface area contributed by atoms with E-state index in [0.717, 1.165) is 22.6 Å². The van der Waals surface area contributed by atoms with Crippen LogP contribution in [0.3, 0.4) is 0 Å². The Morgan fingerprint density at radius 2 is 1.89 bits per heavy atom. The summed E-state index contributed by atoms with van der Waals surface area (Å²) in [6.07, 6.45) is 0.871. The van der Waals surface area contributed by atoms with Gasteiger partial charge in [0.2, 0.25) is 14.8 Å². The Morgan fingerprint density at radius 3 is 2.52 bits per heavy atom. The average Bonchev–Trinajstić information content (AvgIpc) is 3.02. The summed E-state index contributed by atoms with van der Waals surface area (Å²) in [6.45, 7) is 7.67. The molecule has 0 radical (unpaired) electrons. The number of hydrogen-bond acceptors (Lipinski definition) is 6. The van der Waals surface area contributed by atoms with Crippen LogP contribution < -0.4 is 4.80 Å². The monoisotopic (exact) mass is 408 g/mol. The van der Waals surface area contributed by atoms with Crippen LogP contribution in [0.15, 0.2) is 44.6 Å². The van der Waals surface area contributed by atoms with Crippen LogP contribution in [0.1, 0.15) is 26.0 Å². The number of benzene rings is 1. The normalized spacial score (nSPS) is 17.4. The predicted octanol–water partition coefficient (Wildman–Crippen LogP) is 2.75. The molecule has 2 aromatic rings. The second-order valence-corrected chi connectivity index (χ2v) is 9.06. The third-order valence-corrected chi connectivity index (χ3v) is 7.15. The van der Waals surface area contributed by atoms with Gasteiger partial charge < -0.3 is 4.74 Å². The summed E-state index contributed by atoms with van der Waals surface area (Å²) >= 11 is 1.50. The van der Waals surface area contributed by atoms with Crippen molar-refractivity contribution in [2.45, 2.75) is 32.1 Å². The second kappa shape index (κ2) is 8.47. The van der Waals surface area contributed by atoms with Crippen molar-refractivity contribution in [3.8, 4) is 0 Å². The van der Waals surface area contributed by atoms with Crippen LogP contribution in [0.2, 0.25) is 0 Å². The molecular formula is C18H24N4O3S2. The summed E-state index contributed by atoms with van der Waals surface area (Å²) in [4.78, 5) is 5.66. The Morgan fingerprint density at radius 1 is 1.22 bits per heavy atom. The van der Waals surface area contributed by atoms with Gasteiger partial charge in [0.15, 0.2) is 0 Å². The number of ether oxygens (including phenoxy) is 1. The number of thiazole rings is 1. The summed E-state index contributed by atoms with van der Waals surface area (Å²) in [5, 5.41) is 6.59. The number of aryl methyl sites for hydroxylation is 1.